The second-order valence-corrected chi connectivity index (χ2v) is 8.45. The van der Waals surface area contributed by atoms with Crippen molar-refractivity contribution in [3.63, 3.8) is 0 Å². The molecule has 1 atom stereocenters. The molecule has 142 valence electrons. The molecule has 4 rings (SSSR count). The summed E-state index contributed by atoms with van der Waals surface area (Å²) in [5.41, 5.74) is 2.09. The molecule has 1 spiro atoms. The molecule has 3 fully saturated rings. The molecule has 0 saturated carbocycles. The first kappa shape index (κ1) is 17.9. The lowest BCUT2D eigenvalue weighted by Gasteiger charge is -2.50. The van der Waals surface area contributed by atoms with Crippen molar-refractivity contribution >= 4 is 5.91 Å². The highest BCUT2D eigenvalue weighted by Crippen LogP contribution is 2.40. The van der Waals surface area contributed by atoms with Gasteiger partial charge in [0, 0.05) is 37.2 Å². The second kappa shape index (κ2) is 7.61. The van der Waals surface area contributed by atoms with Crippen LogP contribution in [-0.4, -0.2) is 64.4 Å². The van der Waals surface area contributed by atoms with Crippen LogP contribution < -0.4 is 5.32 Å². The van der Waals surface area contributed by atoms with Crippen LogP contribution in [0.1, 0.15) is 49.9 Å². The van der Waals surface area contributed by atoms with Crippen molar-refractivity contribution in [3.05, 3.63) is 23.8 Å². The van der Waals surface area contributed by atoms with Gasteiger partial charge in [0.2, 0.25) is 5.91 Å². The zero-order valence-electron chi connectivity index (χ0n) is 15.9. The molecule has 3 aliphatic heterocycles. The monoisotopic (exact) mass is 357 g/mol. The van der Waals surface area contributed by atoms with E-state index in [4.69, 9.17) is 0 Å². The van der Waals surface area contributed by atoms with Crippen molar-refractivity contribution in [2.45, 2.75) is 58.0 Å². The maximum Gasteiger partial charge on any atom is 0.222 e. The molecule has 3 aliphatic rings. The van der Waals surface area contributed by atoms with Crippen LogP contribution >= 0.6 is 0 Å². The highest BCUT2D eigenvalue weighted by Gasteiger charge is 2.43. The Morgan fingerprint density at radius 3 is 2.81 bits per heavy atom. The molecule has 6 nitrogen and oxygen atoms in total. The average molecular weight is 358 g/mol. The van der Waals surface area contributed by atoms with E-state index in [1.54, 1.807) is 6.20 Å². The topological polar surface area (TPSA) is 61.4 Å². The molecule has 26 heavy (non-hydrogen) atoms. The third-order valence-corrected chi connectivity index (χ3v) is 6.45. The Labute approximate surface area is 156 Å². The van der Waals surface area contributed by atoms with Crippen LogP contribution in [0.25, 0.3) is 0 Å². The Morgan fingerprint density at radius 2 is 2.04 bits per heavy atom. The number of carbonyl (C=O) groups is 1. The minimum Gasteiger partial charge on any atom is -0.336 e. The van der Waals surface area contributed by atoms with E-state index in [9.17, 15) is 4.79 Å². The number of amides is 1. The van der Waals surface area contributed by atoms with E-state index in [-0.39, 0.29) is 11.3 Å². The summed E-state index contributed by atoms with van der Waals surface area (Å²) in [6, 6.07) is 0.725. The molecule has 0 aromatic carbocycles. The SMILES string of the molecule is Cc1cnc(CN2CC3(CCCN(C4CCNCC4)C3)CCC2=O)cn1. The number of piperidine rings is 3. The molecule has 1 N–H and O–H groups in total. The quantitative estimate of drug-likeness (QED) is 0.893. The van der Waals surface area contributed by atoms with E-state index in [1.807, 2.05) is 18.0 Å². The zero-order valence-corrected chi connectivity index (χ0v) is 15.9. The summed E-state index contributed by atoms with van der Waals surface area (Å²) >= 11 is 0. The van der Waals surface area contributed by atoms with Crippen LogP contribution in [0.15, 0.2) is 12.4 Å². The Kier molecular flexibility index (Phi) is 5.23. The van der Waals surface area contributed by atoms with Gasteiger partial charge < -0.3 is 10.2 Å². The Balaban J connectivity index is 1.44. The maximum atomic E-state index is 12.5. The number of nitrogens with one attached hydrogen (secondary N) is 1. The van der Waals surface area contributed by atoms with Gasteiger partial charge in [0.05, 0.1) is 24.1 Å². The molecule has 6 heteroatoms. The lowest BCUT2D eigenvalue weighted by Crippen LogP contribution is -2.56. The van der Waals surface area contributed by atoms with Gasteiger partial charge in [-0.3, -0.25) is 19.7 Å². The Hall–Kier alpha value is -1.53. The highest BCUT2D eigenvalue weighted by atomic mass is 16.2. The average Bonchev–Trinajstić information content (AvgIpc) is 2.68. The summed E-state index contributed by atoms with van der Waals surface area (Å²) in [6.07, 6.45) is 10.4. The van der Waals surface area contributed by atoms with Crippen molar-refractivity contribution in [1.29, 1.82) is 0 Å². The number of hydrogen-bond donors (Lipinski definition) is 1. The molecular weight excluding hydrogens is 326 g/mol. The first-order valence-corrected chi connectivity index (χ1v) is 10.1. The number of likely N-dealkylation sites (tertiary alicyclic amines) is 2. The van der Waals surface area contributed by atoms with Crippen LogP contribution in [0.4, 0.5) is 0 Å². The predicted octanol–water partition coefficient (Wildman–Crippen LogP) is 1.74. The minimum atomic E-state index is 0.273. The van der Waals surface area contributed by atoms with Gasteiger partial charge >= 0.3 is 0 Å². The van der Waals surface area contributed by atoms with Crippen molar-refractivity contribution in [2.75, 3.05) is 32.7 Å². The van der Waals surface area contributed by atoms with Gasteiger partial charge in [-0.15, -0.1) is 0 Å². The fraction of sp³-hybridized carbons (Fsp3) is 0.750. The van der Waals surface area contributed by atoms with Crippen LogP contribution in [0.3, 0.4) is 0 Å². The molecule has 1 aromatic heterocycles. The highest BCUT2D eigenvalue weighted by molar-refractivity contribution is 5.77. The van der Waals surface area contributed by atoms with E-state index in [0.29, 0.717) is 13.0 Å². The minimum absolute atomic E-state index is 0.273. The summed E-state index contributed by atoms with van der Waals surface area (Å²) in [7, 11) is 0. The summed E-state index contributed by atoms with van der Waals surface area (Å²) in [5, 5.41) is 3.48. The number of rotatable bonds is 3. The molecule has 1 amide bonds. The van der Waals surface area contributed by atoms with Crippen LogP contribution in [-0.2, 0) is 11.3 Å². The molecule has 0 aliphatic carbocycles. The van der Waals surface area contributed by atoms with E-state index in [2.05, 4.69) is 20.2 Å². The van der Waals surface area contributed by atoms with E-state index in [1.165, 1.54) is 32.2 Å². The largest absolute Gasteiger partial charge is 0.336 e. The van der Waals surface area contributed by atoms with Gasteiger partial charge in [0.1, 0.15) is 0 Å². The zero-order chi connectivity index (χ0) is 18.0. The number of nitrogens with zero attached hydrogens (tertiary/aromatic N) is 4. The molecule has 3 saturated heterocycles. The molecule has 0 bridgehead atoms. The third-order valence-electron chi connectivity index (χ3n) is 6.45. The van der Waals surface area contributed by atoms with Crippen LogP contribution in [0.5, 0.6) is 0 Å². The van der Waals surface area contributed by atoms with Crippen molar-refractivity contribution in [2.24, 2.45) is 5.41 Å². The first-order chi connectivity index (χ1) is 12.6. The van der Waals surface area contributed by atoms with Crippen molar-refractivity contribution in [3.8, 4) is 0 Å². The van der Waals surface area contributed by atoms with Gasteiger partial charge in [-0.2, -0.15) is 0 Å². The molecule has 1 aromatic rings. The molecule has 4 heterocycles. The fourth-order valence-electron chi connectivity index (χ4n) is 5.01. The first-order valence-electron chi connectivity index (χ1n) is 10.1. The van der Waals surface area contributed by atoms with Gasteiger partial charge in [0.15, 0.2) is 0 Å². The summed E-state index contributed by atoms with van der Waals surface area (Å²) in [4.78, 5) is 26.1. The number of aryl methyl sites for hydroxylation is 1. The van der Waals surface area contributed by atoms with E-state index < -0.39 is 0 Å². The third kappa shape index (κ3) is 3.91. The smallest absolute Gasteiger partial charge is 0.222 e. The molecular formula is C20H31N5O. The Morgan fingerprint density at radius 1 is 1.19 bits per heavy atom. The number of carbonyl (C=O) groups excluding carboxylic acids is 1. The Bertz CT molecular complexity index is 628. The summed E-state index contributed by atoms with van der Waals surface area (Å²) in [6.45, 7) is 8.08. The predicted molar refractivity (Wildman–Crippen MR) is 101 cm³/mol. The second-order valence-electron chi connectivity index (χ2n) is 8.45. The lowest BCUT2D eigenvalue weighted by molar-refractivity contribution is -0.140. The number of hydrogen-bond acceptors (Lipinski definition) is 5. The summed E-state index contributed by atoms with van der Waals surface area (Å²) < 4.78 is 0. The van der Waals surface area contributed by atoms with Gasteiger partial charge in [-0.25, -0.2) is 0 Å². The van der Waals surface area contributed by atoms with Crippen molar-refractivity contribution in [1.82, 2.24) is 25.1 Å². The van der Waals surface area contributed by atoms with Gasteiger partial charge in [-0.05, 0) is 58.7 Å². The van der Waals surface area contributed by atoms with Crippen molar-refractivity contribution < 1.29 is 4.79 Å². The van der Waals surface area contributed by atoms with E-state index in [0.717, 1.165) is 50.0 Å². The van der Waals surface area contributed by atoms with Gasteiger partial charge in [0.25, 0.3) is 0 Å². The van der Waals surface area contributed by atoms with E-state index >= 15 is 0 Å². The standard InChI is InChI=1S/C20H31N5O/c1-16-11-23-17(12-22-16)13-25-15-20(7-3-19(25)26)6-2-10-24(14-20)18-4-8-21-9-5-18/h11-12,18,21H,2-10,13-15H2,1H3. The number of aromatic nitrogens is 2. The van der Waals surface area contributed by atoms with Crippen LogP contribution in [0, 0.1) is 12.3 Å². The van der Waals surface area contributed by atoms with Gasteiger partial charge in [-0.1, -0.05) is 0 Å². The maximum absolute atomic E-state index is 12.5. The molecule has 0 radical (unpaired) electrons. The van der Waals surface area contributed by atoms with Crippen LogP contribution in [0.2, 0.25) is 0 Å². The fourth-order valence-corrected chi connectivity index (χ4v) is 5.01. The molecule has 1 unspecified atom stereocenters. The normalized spacial score (nSPS) is 28.7. The lowest BCUT2D eigenvalue weighted by atomic mass is 9.73. The summed E-state index contributed by atoms with van der Waals surface area (Å²) in [5.74, 6) is 0.275.